The fourth-order valence-corrected chi connectivity index (χ4v) is 4.51. The average Bonchev–Trinajstić information content (AvgIpc) is 2.97. The predicted molar refractivity (Wildman–Crippen MR) is 90.3 cm³/mol. The number of hydrogen-bond acceptors (Lipinski definition) is 5. The molecule has 1 aromatic heterocycles. The van der Waals surface area contributed by atoms with Crippen molar-refractivity contribution < 1.29 is 19.5 Å². The predicted octanol–water partition coefficient (Wildman–Crippen LogP) is 3.27. The number of carboxylic acid groups (broad SMARTS) is 1. The lowest BCUT2D eigenvalue weighted by Gasteiger charge is -2.20. The molecule has 0 bridgehead atoms. The minimum atomic E-state index is -0.972. The number of aliphatic carboxylic acids is 1. The molecule has 2 aliphatic carbocycles. The normalized spacial score (nSPS) is 21.3. The van der Waals surface area contributed by atoms with E-state index in [4.69, 9.17) is 5.11 Å². The van der Waals surface area contributed by atoms with Crippen molar-refractivity contribution in [3.8, 4) is 0 Å². The maximum absolute atomic E-state index is 12.1. The molecule has 7 heteroatoms. The van der Waals surface area contributed by atoms with Gasteiger partial charge in [0.1, 0.15) is 0 Å². The fourth-order valence-electron chi connectivity index (χ4n) is 3.55. The van der Waals surface area contributed by atoms with E-state index in [1.54, 1.807) is 0 Å². The highest BCUT2D eigenvalue weighted by Gasteiger charge is 2.33. The lowest BCUT2D eigenvalue weighted by atomic mass is 9.86. The number of hydrogen-bond donors (Lipinski definition) is 2. The largest absolute Gasteiger partial charge is 0.481 e. The molecule has 0 aromatic carbocycles. The highest BCUT2D eigenvalue weighted by atomic mass is 32.1. The van der Waals surface area contributed by atoms with Crippen LogP contribution in [0.3, 0.4) is 0 Å². The number of ketones is 1. The molecule has 0 unspecified atom stereocenters. The summed E-state index contributed by atoms with van der Waals surface area (Å²) in [4.78, 5) is 40.0. The molecule has 1 saturated carbocycles. The molecule has 2 N–H and O–H groups in total. The van der Waals surface area contributed by atoms with Crippen LogP contribution in [0.4, 0.5) is 5.13 Å². The number of aromatic nitrogens is 1. The van der Waals surface area contributed by atoms with Gasteiger partial charge in [-0.15, -0.1) is 0 Å². The van der Waals surface area contributed by atoms with Gasteiger partial charge in [0.25, 0.3) is 0 Å². The zero-order chi connectivity index (χ0) is 17.1. The Morgan fingerprint density at radius 3 is 2.67 bits per heavy atom. The number of fused-ring (bicyclic) bond motifs is 1. The maximum Gasteiger partial charge on any atom is 0.307 e. The lowest BCUT2D eigenvalue weighted by molar-refractivity contribution is -0.141. The fraction of sp³-hybridized carbons (Fsp3) is 0.647. The van der Waals surface area contributed by atoms with Gasteiger partial charge in [-0.25, -0.2) is 4.98 Å². The number of carbonyl (C=O) groups excluding carboxylic acids is 2. The van der Waals surface area contributed by atoms with Gasteiger partial charge in [-0.05, 0) is 12.3 Å². The second-order valence-corrected chi connectivity index (χ2v) is 7.75. The standard InChI is InChI=1S/C17H22N2O4S/c20-13-9-11(16(22)23)8-12-15(13)24-17(18-12)19-14(21)7-6-10-4-2-1-3-5-10/h10-11H,1-9H2,(H,22,23)(H,18,19,21)/t11-/m0/s1. The first-order chi connectivity index (χ1) is 11.5. The molecule has 2 aliphatic rings. The molecule has 6 nitrogen and oxygen atoms in total. The van der Waals surface area contributed by atoms with Crippen LogP contribution in [-0.4, -0.2) is 27.8 Å². The van der Waals surface area contributed by atoms with Crippen molar-refractivity contribution >= 4 is 34.1 Å². The molecule has 1 amide bonds. The summed E-state index contributed by atoms with van der Waals surface area (Å²) in [6.07, 6.45) is 7.89. The van der Waals surface area contributed by atoms with Crippen LogP contribution in [0.1, 0.15) is 66.7 Å². The first-order valence-corrected chi connectivity index (χ1v) is 9.40. The van der Waals surface area contributed by atoms with Crippen molar-refractivity contribution in [1.82, 2.24) is 4.98 Å². The van der Waals surface area contributed by atoms with E-state index in [-0.39, 0.29) is 24.5 Å². The van der Waals surface area contributed by atoms with Crippen LogP contribution < -0.4 is 5.32 Å². The van der Waals surface area contributed by atoms with Gasteiger partial charge < -0.3 is 10.4 Å². The molecular weight excluding hydrogens is 328 g/mol. The van der Waals surface area contributed by atoms with Crippen LogP contribution in [0.2, 0.25) is 0 Å². The van der Waals surface area contributed by atoms with Gasteiger partial charge in [0.15, 0.2) is 10.9 Å². The molecule has 1 atom stereocenters. The van der Waals surface area contributed by atoms with Gasteiger partial charge >= 0.3 is 5.97 Å². The van der Waals surface area contributed by atoms with E-state index in [2.05, 4.69) is 10.3 Å². The van der Waals surface area contributed by atoms with Crippen LogP contribution in [0.5, 0.6) is 0 Å². The van der Waals surface area contributed by atoms with Crippen LogP contribution in [0.25, 0.3) is 0 Å². The first-order valence-electron chi connectivity index (χ1n) is 8.58. The van der Waals surface area contributed by atoms with E-state index in [1.807, 2.05) is 0 Å². The number of nitrogens with one attached hydrogen (secondary N) is 1. The molecule has 0 radical (unpaired) electrons. The molecule has 0 aliphatic heterocycles. The molecule has 24 heavy (non-hydrogen) atoms. The van der Waals surface area contributed by atoms with Gasteiger partial charge in [-0.2, -0.15) is 0 Å². The summed E-state index contributed by atoms with van der Waals surface area (Å²) < 4.78 is 0. The van der Waals surface area contributed by atoms with Crippen molar-refractivity contribution in [3.05, 3.63) is 10.6 Å². The van der Waals surface area contributed by atoms with E-state index in [1.165, 1.54) is 32.1 Å². The minimum absolute atomic E-state index is 0.0135. The number of thiazole rings is 1. The Balaban J connectivity index is 1.56. The summed E-state index contributed by atoms with van der Waals surface area (Å²) in [7, 11) is 0. The molecule has 0 saturated heterocycles. The van der Waals surface area contributed by atoms with Crippen molar-refractivity contribution in [2.24, 2.45) is 11.8 Å². The highest BCUT2D eigenvalue weighted by Crippen LogP contribution is 2.33. The van der Waals surface area contributed by atoms with E-state index < -0.39 is 11.9 Å². The molecule has 1 fully saturated rings. The van der Waals surface area contributed by atoms with Gasteiger partial charge in [-0.3, -0.25) is 14.4 Å². The maximum atomic E-state index is 12.1. The number of nitrogens with zero attached hydrogens (tertiary/aromatic N) is 1. The summed E-state index contributed by atoms with van der Waals surface area (Å²) in [5, 5.41) is 12.3. The smallest absolute Gasteiger partial charge is 0.307 e. The number of carboxylic acids is 1. The Hall–Kier alpha value is -1.76. The molecule has 130 valence electrons. The van der Waals surface area contributed by atoms with Crippen molar-refractivity contribution in [2.75, 3.05) is 5.32 Å². The van der Waals surface area contributed by atoms with E-state index in [0.29, 0.717) is 28.0 Å². The topological polar surface area (TPSA) is 96.4 Å². The number of carbonyl (C=O) groups is 3. The third-order valence-corrected chi connectivity index (χ3v) is 5.98. The lowest BCUT2D eigenvalue weighted by Crippen LogP contribution is -2.25. The molecule has 3 rings (SSSR count). The van der Waals surface area contributed by atoms with Crippen LogP contribution in [0.15, 0.2) is 0 Å². The summed E-state index contributed by atoms with van der Waals surface area (Å²) in [6.45, 7) is 0. The van der Waals surface area contributed by atoms with Gasteiger partial charge in [0.05, 0.1) is 16.5 Å². The Labute approximate surface area is 144 Å². The van der Waals surface area contributed by atoms with E-state index in [0.717, 1.165) is 17.8 Å². The number of rotatable bonds is 5. The van der Waals surface area contributed by atoms with E-state index >= 15 is 0 Å². The molecule has 0 spiro atoms. The Kier molecular flexibility index (Phi) is 5.28. The first kappa shape index (κ1) is 17.1. The molecule has 1 heterocycles. The zero-order valence-corrected chi connectivity index (χ0v) is 14.4. The summed E-state index contributed by atoms with van der Waals surface area (Å²) in [5.41, 5.74) is 0.506. The molecule has 1 aromatic rings. The van der Waals surface area contributed by atoms with Crippen LogP contribution in [0, 0.1) is 11.8 Å². The van der Waals surface area contributed by atoms with Gasteiger partial charge in [0, 0.05) is 19.3 Å². The van der Waals surface area contributed by atoms with Crippen molar-refractivity contribution in [3.63, 3.8) is 0 Å². The molecular formula is C17H22N2O4S. The zero-order valence-electron chi connectivity index (χ0n) is 13.5. The quantitative estimate of drug-likeness (QED) is 0.849. The Bertz CT molecular complexity index is 649. The van der Waals surface area contributed by atoms with E-state index in [9.17, 15) is 14.4 Å². The monoisotopic (exact) mass is 350 g/mol. The van der Waals surface area contributed by atoms with Gasteiger partial charge in [0.2, 0.25) is 5.91 Å². The Morgan fingerprint density at radius 1 is 1.21 bits per heavy atom. The second kappa shape index (κ2) is 7.42. The summed E-state index contributed by atoms with van der Waals surface area (Å²) in [6, 6.07) is 0. The van der Waals surface area contributed by atoms with Crippen molar-refractivity contribution in [1.29, 1.82) is 0 Å². The Morgan fingerprint density at radius 2 is 1.96 bits per heavy atom. The summed E-state index contributed by atoms with van der Waals surface area (Å²) >= 11 is 1.16. The minimum Gasteiger partial charge on any atom is -0.481 e. The van der Waals surface area contributed by atoms with Crippen LogP contribution in [-0.2, 0) is 16.0 Å². The van der Waals surface area contributed by atoms with Crippen LogP contribution >= 0.6 is 11.3 Å². The number of Topliss-reactive ketones (excluding diaryl/α,β-unsaturated/α-hetero) is 1. The highest BCUT2D eigenvalue weighted by molar-refractivity contribution is 7.17. The SMILES string of the molecule is O=C(CCC1CCCCC1)Nc1nc2c(s1)C(=O)C[C@@H](C(=O)O)C2. The third kappa shape index (κ3) is 4.01. The number of anilines is 1. The van der Waals surface area contributed by atoms with Gasteiger partial charge in [-0.1, -0.05) is 43.4 Å². The van der Waals surface area contributed by atoms with Crippen molar-refractivity contribution in [2.45, 2.75) is 57.8 Å². The number of amides is 1. The second-order valence-electron chi connectivity index (χ2n) is 6.75. The third-order valence-electron chi connectivity index (χ3n) is 4.92. The average molecular weight is 350 g/mol. The summed E-state index contributed by atoms with van der Waals surface area (Å²) in [5.74, 6) is -1.30.